The highest BCUT2D eigenvalue weighted by Gasteiger charge is 2.32. The smallest absolute Gasteiger partial charge is 0.250 e. The number of hydrogen-bond acceptors (Lipinski definition) is 1. The van der Waals surface area contributed by atoms with Crippen LogP contribution in [0.5, 0.6) is 0 Å². The topological polar surface area (TPSA) is 9.23 Å². The first-order valence-electron chi connectivity index (χ1n) is 6.28. The summed E-state index contributed by atoms with van der Waals surface area (Å²) in [7, 11) is -1.44. The highest BCUT2D eigenvalue weighted by molar-refractivity contribution is 6.73. The molecule has 1 rings (SSSR count). The van der Waals surface area contributed by atoms with Crippen LogP contribution in [0.15, 0.2) is 23.5 Å². The summed E-state index contributed by atoms with van der Waals surface area (Å²) in [5.41, 5.74) is 1.42. The molecule has 15 heavy (non-hydrogen) atoms. The average molecular weight is 224 g/mol. The van der Waals surface area contributed by atoms with Crippen molar-refractivity contribution in [2.75, 3.05) is 0 Å². The molecule has 0 spiro atoms. The summed E-state index contributed by atoms with van der Waals surface area (Å²) in [4.78, 5) is 0. The normalized spacial score (nSPS) is 16.3. The zero-order valence-electron chi connectivity index (χ0n) is 10.6. The van der Waals surface area contributed by atoms with Gasteiger partial charge >= 0.3 is 0 Å². The lowest BCUT2D eigenvalue weighted by molar-refractivity contribution is 0.392. The van der Waals surface area contributed by atoms with Crippen LogP contribution in [0.4, 0.5) is 0 Å². The summed E-state index contributed by atoms with van der Waals surface area (Å²) in [5, 5.41) is 0. The lowest BCUT2D eigenvalue weighted by Gasteiger charge is -2.30. The van der Waals surface area contributed by atoms with E-state index in [1.165, 1.54) is 29.5 Å². The van der Waals surface area contributed by atoms with Crippen LogP contribution in [0, 0.1) is 0 Å². The maximum atomic E-state index is 6.41. The number of allylic oxidation sites excluding steroid dienone is 3. The molecule has 0 aliphatic heterocycles. The summed E-state index contributed by atoms with van der Waals surface area (Å²) in [6.45, 7) is 9.07. The minimum atomic E-state index is -1.44. The first kappa shape index (κ1) is 12.6. The van der Waals surface area contributed by atoms with Crippen molar-refractivity contribution in [3.8, 4) is 0 Å². The van der Waals surface area contributed by atoms with Crippen LogP contribution in [0.1, 0.15) is 40.5 Å². The Morgan fingerprint density at radius 1 is 1.13 bits per heavy atom. The van der Waals surface area contributed by atoms with E-state index in [4.69, 9.17) is 4.43 Å². The molecule has 1 aliphatic rings. The van der Waals surface area contributed by atoms with Gasteiger partial charge < -0.3 is 4.43 Å². The molecule has 0 saturated heterocycles. The Bertz CT molecular complexity index is 253. The van der Waals surface area contributed by atoms with Crippen molar-refractivity contribution >= 4 is 8.32 Å². The van der Waals surface area contributed by atoms with E-state index >= 15 is 0 Å². The third-order valence-corrected chi connectivity index (χ3v) is 8.18. The second-order valence-electron chi connectivity index (χ2n) is 4.25. The Morgan fingerprint density at radius 2 is 1.73 bits per heavy atom. The van der Waals surface area contributed by atoms with Crippen LogP contribution >= 0.6 is 0 Å². The second kappa shape index (κ2) is 5.55. The van der Waals surface area contributed by atoms with Crippen molar-refractivity contribution in [2.24, 2.45) is 0 Å². The summed E-state index contributed by atoms with van der Waals surface area (Å²) in [5.74, 6) is 1.27. The predicted octanol–water partition coefficient (Wildman–Crippen LogP) is 4.63. The molecule has 0 aromatic carbocycles. The molecule has 0 saturated carbocycles. The van der Waals surface area contributed by atoms with E-state index in [0.29, 0.717) is 0 Å². The van der Waals surface area contributed by atoms with E-state index < -0.39 is 8.32 Å². The van der Waals surface area contributed by atoms with Crippen molar-refractivity contribution in [1.82, 2.24) is 0 Å². The SMILES string of the molecule is CCC1=C(O[Si](CC)(CC)CC)CC=C1. The van der Waals surface area contributed by atoms with Crippen molar-refractivity contribution < 1.29 is 4.43 Å². The minimum Gasteiger partial charge on any atom is -0.546 e. The Balaban J connectivity index is 2.75. The fourth-order valence-electron chi connectivity index (χ4n) is 2.18. The first-order valence-corrected chi connectivity index (χ1v) is 8.81. The van der Waals surface area contributed by atoms with E-state index in [9.17, 15) is 0 Å². The summed E-state index contributed by atoms with van der Waals surface area (Å²) >= 11 is 0. The van der Waals surface area contributed by atoms with Gasteiger partial charge in [0.1, 0.15) is 0 Å². The highest BCUT2D eigenvalue weighted by Crippen LogP contribution is 2.31. The number of rotatable bonds is 6. The van der Waals surface area contributed by atoms with Gasteiger partial charge in [0.2, 0.25) is 8.32 Å². The van der Waals surface area contributed by atoms with Gasteiger partial charge in [-0.25, -0.2) is 0 Å². The molecule has 1 nitrogen and oxygen atoms in total. The lowest BCUT2D eigenvalue weighted by atomic mass is 10.2. The Kier molecular flexibility index (Phi) is 4.65. The molecule has 0 aromatic rings. The third-order valence-electron chi connectivity index (χ3n) is 3.63. The van der Waals surface area contributed by atoms with Crippen molar-refractivity contribution in [3.63, 3.8) is 0 Å². The van der Waals surface area contributed by atoms with Crippen molar-refractivity contribution in [1.29, 1.82) is 0 Å². The summed E-state index contributed by atoms with van der Waals surface area (Å²) < 4.78 is 6.41. The molecule has 0 aromatic heterocycles. The fourth-order valence-corrected chi connectivity index (χ4v) is 4.85. The lowest BCUT2D eigenvalue weighted by Crippen LogP contribution is -2.35. The summed E-state index contributed by atoms with van der Waals surface area (Å²) in [6, 6.07) is 3.71. The van der Waals surface area contributed by atoms with Gasteiger partial charge in [0.05, 0.1) is 5.76 Å². The molecule has 0 bridgehead atoms. The van der Waals surface area contributed by atoms with E-state index in [2.05, 4.69) is 39.8 Å². The second-order valence-corrected chi connectivity index (χ2v) is 8.95. The maximum Gasteiger partial charge on any atom is 0.250 e. The van der Waals surface area contributed by atoms with Crippen LogP contribution in [0.25, 0.3) is 0 Å². The minimum absolute atomic E-state index is 1.03. The van der Waals surface area contributed by atoms with E-state index in [-0.39, 0.29) is 0 Å². The first-order chi connectivity index (χ1) is 7.21. The summed E-state index contributed by atoms with van der Waals surface area (Å²) in [6.07, 6.45) is 6.59. The molecular formula is C13H24OSi. The van der Waals surface area contributed by atoms with Gasteiger partial charge in [0.15, 0.2) is 0 Å². The maximum absolute atomic E-state index is 6.41. The zero-order valence-corrected chi connectivity index (χ0v) is 11.6. The largest absolute Gasteiger partial charge is 0.546 e. The van der Waals surface area contributed by atoms with E-state index in [1.54, 1.807) is 0 Å². The molecule has 0 N–H and O–H groups in total. The average Bonchev–Trinajstić information content (AvgIpc) is 2.73. The predicted molar refractivity (Wildman–Crippen MR) is 69.4 cm³/mol. The molecule has 2 heteroatoms. The van der Waals surface area contributed by atoms with Crippen LogP contribution < -0.4 is 0 Å². The van der Waals surface area contributed by atoms with Crippen molar-refractivity contribution in [2.45, 2.75) is 58.7 Å². The molecule has 0 radical (unpaired) electrons. The van der Waals surface area contributed by atoms with E-state index in [0.717, 1.165) is 12.8 Å². The highest BCUT2D eigenvalue weighted by atomic mass is 28.4. The Labute approximate surface area is 95.4 Å². The molecule has 86 valence electrons. The molecular weight excluding hydrogens is 200 g/mol. The Morgan fingerprint density at radius 3 is 2.20 bits per heavy atom. The molecule has 0 heterocycles. The van der Waals surface area contributed by atoms with Crippen LogP contribution in [-0.2, 0) is 4.43 Å². The van der Waals surface area contributed by atoms with Gasteiger partial charge in [0, 0.05) is 6.42 Å². The van der Waals surface area contributed by atoms with Gasteiger partial charge in [-0.2, -0.15) is 0 Å². The quantitative estimate of drug-likeness (QED) is 0.598. The van der Waals surface area contributed by atoms with Gasteiger partial charge in [-0.1, -0.05) is 39.8 Å². The van der Waals surface area contributed by atoms with Gasteiger partial charge in [-0.15, -0.1) is 0 Å². The molecule has 0 unspecified atom stereocenters. The van der Waals surface area contributed by atoms with E-state index in [1.807, 2.05) is 0 Å². The van der Waals surface area contributed by atoms with Crippen LogP contribution in [0.2, 0.25) is 18.1 Å². The number of hydrogen-bond donors (Lipinski definition) is 0. The molecule has 0 fully saturated rings. The van der Waals surface area contributed by atoms with Gasteiger partial charge in [0.25, 0.3) is 0 Å². The fraction of sp³-hybridized carbons (Fsp3) is 0.692. The van der Waals surface area contributed by atoms with Crippen molar-refractivity contribution in [3.05, 3.63) is 23.5 Å². The third kappa shape index (κ3) is 2.74. The molecule has 1 aliphatic carbocycles. The monoisotopic (exact) mass is 224 g/mol. The Hall–Kier alpha value is -0.503. The molecule has 0 amide bonds. The molecule has 0 atom stereocenters. The van der Waals surface area contributed by atoms with Crippen LogP contribution in [0.3, 0.4) is 0 Å². The van der Waals surface area contributed by atoms with Gasteiger partial charge in [-0.3, -0.25) is 0 Å². The van der Waals surface area contributed by atoms with Gasteiger partial charge in [-0.05, 0) is 30.1 Å². The standard InChI is InChI=1S/C13H24OSi/c1-5-12-10-9-11-13(12)14-15(6-2,7-3)8-4/h9-10H,5-8,11H2,1-4H3. The zero-order chi connectivity index (χ0) is 11.3. The van der Waals surface area contributed by atoms with Crippen LogP contribution in [-0.4, -0.2) is 8.32 Å².